The number of rotatable bonds is 7. The number of nitrogens with one attached hydrogen (secondary N) is 1. The van der Waals surface area contributed by atoms with Gasteiger partial charge in [0.05, 0.1) is 31.2 Å². The van der Waals surface area contributed by atoms with Crippen LogP contribution in [-0.2, 0) is 10.0 Å². The van der Waals surface area contributed by atoms with Gasteiger partial charge in [0.1, 0.15) is 22.3 Å². The largest absolute Gasteiger partial charge is 0.496 e. The molecule has 0 fully saturated rings. The molecule has 2 aromatic rings. The highest BCUT2D eigenvalue weighted by molar-refractivity contribution is 7.89. The fraction of sp³-hybridized carbons (Fsp3) is 0.294. The van der Waals surface area contributed by atoms with Crippen molar-refractivity contribution in [2.75, 3.05) is 13.4 Å². The summed E-state index contributed by atoms with van der Waals surface area (Å²) in [4.78, 5) is 16.1. The summed E-state index contributed by atoms with van der Waals surface area (Å²) in [5.41, 5.74) is 0.0483. The standard InChI is InChI=1S/C17H19ClN2O6S/c1-10(2)25-17-14(18)7-12(9-19-17)26-11-5-6-13(15(8-11)24-3)16(21)20-27(4,22)23/h5-10H,1-4H3,(H,20,21). The van der Waals surface area contributed by atoms with Crippen LogP contribution < -0.4 is 18.9 Å². The van der Waals surface area contributed by atoms with Gasteiger partial charge in [-0.1, -0.05) is 11.6 Å². The summed E-state index contributed by atoms with van der Waals surface area (Å²) in [6, 6.07) is 5.87. The maximum atomic E-state index is 12.0. The summed E-state index contributed by atoms with van der Waals surface area (Å²) in [6.45, 7) is 3.71. The van der Waals surface area contributed by atoms with Gasteiger partial charge in [-0.25, -0.2) is 18.1 Å². The predicted octanol–water partition coefficient (Wildman–Crippen LogP) is 3.01. The van der Waals surface area contributed by atoms with Gasteiger partial charge in [0.2, 0.25) is 15.9 Å². The first-order valence-corrected chi connectivity index (χ1v) is 10.1. The third-order valence-corrected chi connectivity index (χ3v) is 3.89. The number of aromatic nitrogens is 1. The van der Waals surface area contributed by atoms with E-state index in [1.807, 2.05) is 18.6 Å². The van der Waals surface area contributed by atoms with E-state index in [-0.39, 0.29) is 22.4 Å². The van der Waals surface area contributed by atoms with Crippen molar-refractivity contribution < 1.29 is 27.4 Å². The molecule has 1 aromatic heterocycles. The van der Waals surface area contributed by atoms with E-state index in [4.69, 9.17) is 25.8 Å². The Morgan fingerprint density at radius 1 is 1.22 bits per heavy atom. The van der Waals surface area contributed by atoms with Crippen LogP contribution in [0.1, 0.15) is 24.2 Å². The number of pyridine rings is 1. The Labute approximate surface area is 162 Å². The number of sulfonamides is 1. The first-order valence-electron chi connectivity index (χ1n) is 7.79. The van der Waals surface area contributed by atoms with E-state index < -0.39 is 15.9 Å². The molecule has 0 saturated heterocycles. The minimum atomic E-state index is -3.69. The predicted molar refractivity (Wildman–Crippen MR) is 100 cm³/mol. The van der Waals surface area contributed by atoms with Gasteiger partial charge >= 0.3 is 0 Å². The summed E-state index contributed by atoms with van der Waals surface area (Å²) >= 11 is 6.12. The Kier molecular flexibility index (Phi) is 6.50. The van der Waals surface area contributed by atoms with Gasteiger partial charge < -0.3 is 14.2 Å². The van der Waals surface area contributed by atoms with Crippen molar-refractivity contribution in [3.05, 3.63) is 41.0 Å². The second kappa shape index (κ2) is 8.45. The summed E-state index contributed by atoms with van der Waals surface area (Å²) in [5.74, 6) is 0.335. The molecular weight excluding hydrogens is 396 g/mol. The monoisotopic (exact) mass is 414 g/mol. The topological polar surface area (TPSA) is 104 Å². The van der Waals surface area contributed by atoms with Crippen molar-refractivity contribution >= 4 is 27.5 Å². The van der Waals surface area contributed by atoms with Crippen molar-refractivity contribution in [2.24, 2.45) is 0 Å². The third kappa shape index (κ3) is 6.00. The lowest BCUT2D eigenvalue weighted by atomic mass is 10.2. The van der Waals surface area contributed by atoms with E-state index in [2.05, 4.69) is 4.98 Å². The summed E-state index contributed by atoms with van der Waals surface area (Å²) in [7, 11) is -2.34. The highest BCUT2D eigenvalue weighted by atomic mass is 35.5. The number of amides is 1. The zero-order valence-electron chi connectivity index (χ0n) is 15.1. The number of carbonyl (C=O) groups is 1. The van der Waals surface area contributed by atoms with Gasteiger partial charge in [-0.3, -0.25) is 4.79 Å². The van der Waals surface area contributed by atoms with Crippen LogP contribution in [0, 0.1) is 0 Å². The first kappa shape index (κ1) is 20.8. The molecule has 27 heavy (non-hydrogen) atoms. The molecule has 0 spiro atoms. The molecule has 1 amide bonds. The maximum absolute atomic E-state index is 12.0. The number of hydrogen-bond acceptors (Lipinski definition) is 7. The Morgan fingerprint density at radius 2 is 1.93 bits per heavy atom. The molecule has 1 aromatic carbocycles. The molecule has 1 heterocycles. The molecule has 1 N–H and O–H groups in total. The van der Waals surface area contributed by atoms with Crippen molar-refractivity contribution in [1.82, 2.24) is 9.71 Å². The van der Waals surface area contributed by atoms with Crippen molar-refractivity contribution in [2.45, 2.75) is 20.0 Å². The van der Waals surface area contributed by atoms with Crippen LogP contribution in [0.4, 0.5) is 0 Å². The molecule has 0 aliphatic rings. The van der Waals surface area contributed by atoms with Crippen LogP contribution in [-0.4, -0.2) is 38.8 Å². The number of halogens is 1. The molecule has 8 nitrogen and oxygen atoms in total. The molecule has 0 bridgehead atoms. The molecule has 146 valence electrons. The number of carbonyl (C=O) groups excluding carboxylic acids is 1. The Bertz CT molecular complexity index is 946. The molecular formula is C17H19ClN2O6S. The Morgan fingerprint density at radius 3 is 2.48 bits per heavy atom. The van der Waals surface area contributed by atoms with Crippen LogP contribution in [0.3, 0.4) is 0 Å². The van der Waals surface area contributed by atoms with Crippen molar-refractivity contribution in [1.29, 1.82) is 0 Å². The Hall–Kier alpha value is -2.52. The maximum Gasteiger partial charge on any atom is 0.268 e. The quantitative estimate of drug-likeness (QED) is 0.742. The number of benzene rings is 1. The number of hydrogen-bond donors (Lipinski definition) is 1. The van der Waals surface area contributed by atoms with Gasteiger partial charge in [0, 0.05) is 12.1 Å². The van der Waals surface area contributed by atoms with E-state index in [0.29, 0.717) is 17.4 Å². The lowest BCUT2D eigenvalue weighted by molar-refractivity contribution is 0.0978. The number of nitrogens with zero attached hydrogens (tertiary/aromatic N) is 1. The summed E-state index contributed by atoms with van der Waals surface area (Å²) in [6.07, 6.45) is 2.26. The SMILES string of the molecule is COc1cc(Oc2cnc(OC(C)C)c(Cl)c2)ccc1C(=O)NS(C)(=O)=O. The molecule has 0 radical (unpaired) electrons. The molecule has 0 aliphatic carbocycles. The average Bonchev–Trinajstić information content (AvgIpc) is 2.55. The lowest BCUT2D eigenvalue weighted by Crippen LogP contribution is -2.29. The zero-order valence-corrected chi connectivity index (χ0v) is 16.7. The number of ether oxygens (including phenoxy) is 3. The Balaban J connectivity index is 2.23. The molecule has 0 aliphatic heterocycles. The average molecular weight is 415 g/mol. The van der Waals surface area contributed by atoms with E-state index in [1.165, 1.54) is 31.5 Å². The molecule has 0 saturated carbocycles. The van der Waals surface area contributed by atoms with Gasteiger partial charge in [0.15, 0.2) is 0 Å². The first-order chi connectivity index (χ1) is 12.6. The highest BCUT2D eigenvalue weighted by Gasteiger charge is 2.17. The minimum absolute atomic E-state index is 0.0483. The molecule has 2 rings (SSSR count). The van der Waals surface area contributed by atoms with E-state index in [1.54, 1.807) is 6.07 Å². The fourth-order valence-electron chi connectivity index (χ4n) is 2.06. The number of methoxy groups -OCH3 is 1. The van der Waals surface area contributed by atoms with E-state index >= 15 is 0 Å². The third-order valence-electron chi connectivity index (χ3n) is 3.06. The molecule has 10 heteroatoms. The van der Waals surface area contributed by atoms with Crippen LogP contribution >= 0.6 is 11.6 Å². The van der Waals surface area contributed by atoms with Crippen molar-refractivity contribution in [3.63, 3.8) is 0 Å². The van der Waals surface area contributed by atoms with Gasteiger partial charge in [0.25, 0.3) is 5.91 Å². The van der Waals surface area contributed by atoms with Gasteiger partial charge in [-0.05, 0) is 26.0 Å². The summed E-state index contributed by atoms with van der Waals surface area (Å²) < 4.78 is 40.6. The van der Waals surface area contributed by atoms with Crippen LogP contribution in [0.25, 0.3) is 0 Å². The zero-order chi connectivity index (χ0) is 20.2. The van der Waals surface area contributed by atoms with Gasteiger partial charge in [-0.15, -0.1) is 0 Å². The van der Waals surface area contributed by atoms with E-state index in [9.17, 15) is 13.2 Å². The highest BCUT2D eigenvalue weighted by Crippen LogP contribution is 2.32. The van der Waals surface area contributed by atoms with Crippen LogP contribution in [0.2, 0.25) is 5.02 Å². The second-order valence-electron chi connectivity index (χ2n) is 5.79. The normalized spacial score (nSPS) is 11.2. The molecule has 0 unspecified atom stereocenters. The minimum Gasteiger partial charge on any atom is -0.496 e. The molecule has 0 atom stereocenters. The fourth-order valence-corrected chi connectivity index (χ4v) is 2.70. The van der Waals surface area contributed by atoms with Crippen LogP contribution in [0.5, 0.6) is 23.1 Å². The second-order valence-corrected chi connectivity index (χ2v) is 7.95. The van der Waals surface area contributed by atoms with E-state index in [0.717, 1.165) is 6.26 Å². The smallest absolute Gasteiger partial charge is 0.268 e. The van der Waals surface area contributed by atoms with Crippen molar-refractivity contribution in [3.8, 4) is 23.1 Å². The van der Waals surface area contributed by atoms with Crippen LogP contribution in [0.15, 0.2) is 30.5 Å². The summed E-state index contributed by atoms with van der Waals surface area (Å²) in [5, 5.41) is 0.289. The lowest BCUT2D eigenvalue weighted by Gasteiger charge is -2.13. The van der Waals surface area contributed by atoms with Gasteiger partial charge in [-0.2, -0.15) is 0 Å².